The Bertz CT molecular complexity index is 586. The van der Waals surface area contributed by atoms with Crippen LogP contribution in [-0.4, -0.2) is 50.9 Å². The van der Waals surface area contributed by atoms with Crippen LogP contribution in [0.3, 0.4) is 0 Å². The van der Waals surface area contributed by atoms with Gasteiger partial charge in [-0.2, -0.15) is 0 Å². The van der Waals surface area contributed by atoms with Crippen molar-refractivity contribution in [2.24, 2.45) is 10.4 Å². The number of fused-ring (bicyclic) bond motifs is 1. The fraction of sp³-hybridized carbons (Fsp3) is 0.588. The van der Waals surface area contributed by atoms with E-state index in [0.717, 1.165) is 36.3 Å². The minimum absolute atomic E-state index is 0.281. The van der Waals surface area contributed by atoms with Gasteiger partial charge >= 0.3 is 0 Å². The molecule has 2 heterocycles. The summed E-state index contributed by atoms with van der Waals surface area (Å²) in [4.78, 5) is 6.67. The summed E-state index contributed by atoms with van der Waals surface area (Å²) in [6, 6.07) is 5.63. The molecule has 2 aliphatic rings. The lowest BCUT2D eigenvalue weighted by Crippen LogP contribution is -2.42. The van der Waals surface area contributed by atoms with E-state index in [1.165, 1.54) is 6.42 Å². The molecule has 23 heavy (non-hydrogen) atoms. The van der Waals surface area contributed by atoms with Crippen LogP contribution in [0.2, 0.25) is 0 Å². The second-order valence-corrected chi connectivity index (χ2v) is 6.67. The van der Waals surface area contributed by atoms with Gasteiger partial charge in [-0.1, -0.05) is 13.8 Å². The third-order valence-corrected chi connectivity index (χ3v) is 4.19. The Hall–Kier alpha value is -2.11. The predicted octanol–water partition coefficient (Wildman–Crippen LogP) is 2.10. The number of rotatable bonds is 4. The quantitative estimate of drug-likeness (QED) is 0.523. The molecule has 3 rings (SSSR count). The zero-order valence-electron chi connectivity index (χ0n) is 14.1. The molecule has 1 fully saturated rings. The van der Waals surface area contributed by atoms with Gasteiger partial charge < -0.3 is 24.4 Å². The summed E-state index contributed by atoms with van der Waals surface area (Å²) in [5.74, 6) is 3.25. The van der Waals surface area contributed by atoms with Crippen LogP contribution in [0.1, 0.15) is 20.3 Å². The van der Waals surface area contributed by atoms with Crippen LogP contribution in [0.4, 0.5) is 0 Å². The first-order chi connectivity index (χ1) is 11.1. The Labute approximate surface area is 137 Å². The standard InChI is InChI=1S/C17H25N3O3/c1-17(2)6-8-20(11-17)16(18-3)19-7-9-21-13-4-5-14-15(10-13)23-12-22-14/h4-5,10H,6-9,11-12H2,1-3H3,(H,18,19). The summed E-state index contributed by atoms with van der Waals surface area (Å²) in [7, 11) is 1.83. The van der Waals surface area contributed by atoms with Gasteiger partial charge in [-0.3, -0.25) is 4.99 Å². The maximum atomic E-state index is 5.76. The molecule has 0 unspecified atom stereocenters. The van der Waals surface area contributed by atoms with Gasteiger partial charge in [0.1, 0.15) is 12.4 Å². The smallest absolute Gasteiger partial charge is 0.231 e. The van der Waals surface area contributed by atoms with Crippen LogP contribution in [-0.2, 0) is 0 Å². The molecule has 0 atom stereocenters. The number of hydrogen-bond donors (Lipinski definition) is 1. The van der Waals surface area contributed by atoms with E-state index in [4.69, 9.17) is 14.2 Å². The van der Waals surface area contributed by atoms with Crippen molar-refractivity contribution in [2.45, 2.75) is 20.3 Å². The minimum atomic E-state index is 0.281. The predicted molar refractivity (Wildman–Crippen MR) is 89.4 cm³/mol. The first kappa shape index (κ1) is 15.8. The molecule has 0 aromatic heterocycles. The van der Waals surface area contributed by atoms with Crippen molar-refractivity contribution in [3.8, 4) is 17.2 Å². The molecule has 126 valence electrons. The highest BCUT2D eigenvalue weighted by molar-refractivity contribution is 5.80. The highest BCUT2D eigenvalue weighted by Gasteiger charge is 2.30. The average Bonchev–Trinajstić information content (AvgIpc) is 3.13. The average molecular weight is 319 g/mol. The Kier molecular flexibility index (Phi) is 4.50. The van der Waals surface area contributed by atoms with Gasteiger partial charge in [-0.15, -0.1) is 0 Å². The summed E-state index contributed by atoms with van der Waals surface area (Å²) >= 11 is 0. The van der Waals surface area contributed by atoms with E-state index in [9.17, 15) is 0 Å². The van der Waals surface area contributed by atoms with Crippen molar-refractivity contribution < 1.29 is 14.2 Å². The Balaban J connectivity index is 1.44. The fourth-order valence-electron chi connectivity index (χ4n) is 2.92. The van der Waals surface area contributed by atoms with E-state index >= 15 is 0 Å². The molecule has 2 aliphatic heterocycles. The highest BCUT2D eigenvalue weighted by Crippen LogP contribution is 2.35. The zero-order valence-corrected chi connectivity index (χ0v) is 14.1. The number of benzene rings is 1. The fourth-order valence-corrected chi connectivity index (χ4v) is 2.92. The summed E-state index contributed by atoms with van der Waals surface area (Å²) < 4.78 is 16.4. The van der Waals surface area contributed by atoms with Gasteiger partial charge in [0.25, 0.3) is 0 Å². The monoisotopic (exact) mass is 319 g/mol. The molecule has 0 aliphatic carbocycles. The first-order valence-electron chi connectivity index (χ1n) is 8.05. The van der Waals surface area contributed by atoms with Crippen molar-refractivity contribution >= 4 is 5.96 Å². The number of ether oxygens (including phenoxy) is 3. The van der Waals surface area contributed by atoms with Gasteiger partial charge in [-0.25, -0.2) is 0 Å². The van der Waals surface area contributed by atoms with Crippen LogP contribution < -0.4 is 19.5 Å². The van der Waals surface area contributed by atoms with E-state index in [1.54, 1.807) is 0 Å². The third-order valence-electron chi connectivity index (χ3n) is 4.19. The maximum Gasteiger partial charge on any atom is 0.231 e. The molecule has 6 nitrogen and oxygen atoms in total. The molecular formula is C17H25N3O3. The molecule has 0 saturated carbocycles. The molecule has 1 aromatic rings. The molecular weight excluding hydrogens is 294 g/mol. The number of nitrogens with one attached hydrogen (secondary N) is 1. The van der Waals surface area contributed by atoms with Crippen molar-refractivity contribution in [3.63, 3.8) is 0 Å². The van der Waals surface area contributed by atoms with Crippen molar-refractivity contribution in [1.29, 1.82) is 0 Å². The molecule has 0 spiro atoms. The second-order valence-electron chi connectivity index (χ2n) is 6.67. The van der Waals surface area contributed by atoms with Crippen molar-refractivity contribution in [3.05, 3.63) is 18.2 Å². The SMILES string of the molecule is CN=C(NCCOc1ccc2c(c1)OCO2)N1CCC(C)(C)C1. The Morgan fingerprint density at radius 1 is 1.35 bits per heavy atom. The first-order valence-corrected chi connectivity index (χ1v) is 8.05. The van der Waals surface area contributed by atoms with Gasteiger partial charge in [-0.05, 0) is 24.0 Å². The molecule has 0 amide bonds. The van der Waals surface area contributed by atoms with Crippen molar-refractivity contribution in [1.82, 2.24) is 10.2 Å². The highest BCUT2D eigenvalue weighted by atomic mass is 16.7. The number of aliphatic imine (C=N–C) groups is 1. The van der Waals surface area contributed by atoms with Crippen LogP contribution in [0.25, 0.3) is 0 Å². The molecule has 0 radical (unpaired) electrons. The largest absolute Gasteiger partial charge is 0.492 e. The lowest BCUT2D eigenvalue weighted by molar-refractivity contribution is 0.173. The molecule has 6 heteroatoms. The molecule has 1 aromatic carbocycles. The third kappa shape index (κ3) is 3.81. The number of nitrogens with zero attached hydrogens (tertiary/aromatic N) is 2. The molecule has 1 N–H and O–H groups in total. The van der Waals surface area contributed by atoms with Crippen LogP contribution in [0.15, 0.2) is 23.2 Å². The summed E-state index contributed by atoms with van der Waals surface area (Å²) in [5.41, 5.74) is 0.362. The van der Waals surface area contributed by atoms with Gasteiger partial charge in [0.15, 0.2) is 17.5 Å². The lowest BCUT2D eigenvalue weighted by Gasteiger charge is -2.23. The van der Waals surface area contributed by atoms with Crippen LogP contribution >= 0.6 is 0 Å². The van der Waals surface area contributed by atoms with E-state index in [2.05, 4.69) is 29.1 Å². The second kappa shape index (κ2) is 6.56. The minimum Gasteiger partial charge on any atom is -0.492 e. The topological polar surface area (TPSA) is 55.3 Å². The Morgan fingerprint density at radius 2 is 2.17 bits per heavy atom. The lowest BCUT2D eigenvalue weighted by atomic mass is 9.93. The van der Waals surface area contributed by atoms with Crippen molar-refractivity contribution in [2.75, 3.05) is 40.1 Å². The van der Waals surface area contributed by atoms with Gasteiger partial charge in [0, 0.05) is 26.2 Å². The molecule has 0 bridgehead atoms. The van der Waals surface area contributed by atoms with E-state index in [1.807, 2.05) is 25.2 Å². The number of hydrogen-bond acceptors (Lipinski definition) is 4. The number of likely N-dealkylation sites (tertiary alicyclic amines) is 1. The zero-order chi connectivity index (χ0) is 16.3. The van der Waals surface area contributed by atoms with Gasteiger partial charge in [0.05, 0.1) is 6.54 Å². The van der Waals surface area contributed by atoms with E-state index < -0.39 is 0 Å². The summed E-state index contributed by atoms with van der Waals surface area (Å²) in [6.07, 6.45) is 1.20. The molecule has 1 saturated heterocycles. The Morgan fingerprint density at radius 3 is 2.91 bits per heavy atom. The van der Waals surface area contributed by atoms with E-state index in [-0.39, 0.29) is 6.79 Å². The normalized spacial score (nSPS) is 19.1. The van der Waals surface area contributed by atoms with E-state index in [0.29, 0.717) is 18.6 Å². The van der Waals surface area contributed by atoms with Crippen LogP contribution in [0, 0.1) is 5.41 Å². The van der Waals surface area contributed by atoms with Crippen LogP contribution in [0.5, 0.6) is 17.2 Å². The summed E-state index contributed by atoms with van der Waals surface area (Å²) in [6.45, 7) is 8.23. The van der Waals surface area contributed by atoms with Gasteiger partial charge in [0.2, 0.25) is 6.79 Å². The number of guanidine groups is 1. The summed E-state index contributed by atoms with van der Waals surface area (Å²) in [5, 5.41) is 3.37. The maximum absolute atomic E-state index is 5.76.